The molecule has 0 fully saturated rings. The van der Waals surface area contributed by atoms with Crippen LogP contribution in [0, 0.1) is 46.7 Å². The predicted molar refractivity (Wildman–Crippen MR) is 96.4 cm³/mol. The van der Waals surface area contributed by atoms with Gasteiger partial charge in [0.25, 0.3) is 0 Å². The average molecular weight is 406 g/mol. The molecule has 0 unspecified atom stereocenters. The first-order valence-corrected chi connectivity index (χ1v) is 8.34. The van der Waals surface area contributed by atoms with Crippen LogP contribution in [0.4, 0.5) is 26.3 Å². The molecule has 1 nitrogen and oxygen atoms in total. The van der Waals surface area contributed by atoms with E-state index in [-0.39, 0.29) is 22.9 Å². The first kappa shape index (κ1) is 20.3. The van der Waals surface area contributed by atoms with Crippen LogP contribution in [0.2, 0.25) is 0 Å². The van der Waals surface area contributed by atoms with Crippen molar-refractivity contribution in [3.05, 3.63) is 88.5 Å². The van der Waals surface area contributed by atoms with Crippen molar-refractivity contribution in [1.82, 2.24) is 0 Å². The summed E-state index contributed by atoms with van der Waals surface area (Å²) in [4.78, 5) is 0. The largest absolute Gasteiger partial charge is 0.483 e. The fourth-order valence-corrected chi connectivity index (χ4v) is 2.55. The third-order valence-corrected chi connectivity index (χ3v) is 3.99. The molecule has 148 valence electrons. The van der Waals surface area contributed by atoms with Crippen molar-refractivity contribution < 1.29 is 31.1 Å². The number of ether oxygens (including phenoxy) is 1. The molecular weight excluding hydrogens is 394 g/mol. The quantitative estimate of drug-likeness (QED) is 0.170. The van der Waals surface area contributed by atoms with Gasteiger partial charge < -0.3 is 4.74 Å². The summed E-state index contributed by atoms with van der Waals surface area (Å²) in [5.74, 6) is -4.47. The number of rotatable bonds is 3. The predicted octanol–water partition coefficient (Wildman–Crippen LogP) is 6.03. The Morgan fingerprint density at radius 3 is 2.31 bits per heavy atom. The maximum absolute atomic E-state index is 14.2. The standard InChI is InChI=1S/C22H12F6O/c1-2-3-8-29-22-17(24)10-13(18(25)21(22)28)6-4-12-5-7-15-14(9-12)11-16(23)20(27)19(15)26/h2-3,5,7,9-11H,8H2,1H3/b3-2+. The Labute approximate surface area is 162 Å². The van der Waals surface area contributed by atoms with E-state index in [9.17, 15) is 26.3 Å². The number of fused-ring (bicyclic) bond motifs is 1. The molecule has 0 spiro atoms. The highest BCUT2D eigenvalue weighted by Gasteiger charge is 2.19. The summed E-state index contributed by atoms with van der Waals surface area (Å²) < 4.78 is 87.5. The third-order valence-electron chi connectivity index (χ3n) is 3.99. The molecule has 0 saturated heterocycles. The summed E-state index contributed by atoms with van der Waals surface area (Å²) in [6.07, 6.45) is 3.09. The summed E-state index contributed by atoms with van der Waals surface area (Å²) in [6, 6.07) is 5.18. The van der Waals surface area contributed by atoms with Gasteiger partial charge in [0, 0.05) is 10.9 Å². The van der Waals surface area contributed by atoms with Crippen LogP contribution in [0.1, 0.15) is 18.1 Å². The smallest absolute Gasteiger partial charge is 0.205 e. The summed E-state index contributed by atoms with van der Waals surface area (Å²) in [5.41, 5.74) is -0.383. The molecule has 3 aromatic carbocycles. The average Bonchev–Trinajstić information content (AvgIpc) is 2.70. The van der Waals surface area contributed by atoms with Gasteiger partial charge in [0.2, 0.25) is 5.82 Å². The van der Waals surface area contributed by atoms with Gasteiger partial charge in [0.05, 0.1) is 5.56 Å². The molecule has 0 saturated carbocycles. The first-order chi connectivity index (χ1) is 13.8. The molecule has 3 aromatic rings. The first-order valence-electron chi connectivity index (χ1n) is 8.34. The number of hydrogen-bond donors (Lipinski definition) is 0. The van der Waals surface area contributed by atoms with Gasteiger partial charge in [-0.05, 0) is 36.6 Å². The van der Waals surface area contributed by atoms with Gasteiger partial charge in [-0.25, -0.2) is 22.0 Å². The molecule has 0 atom stereocenters. The maximum Gasteiger partial charge on any atom is 0.205 e. The second-order valence-electron chi connectivity index (χ2n) is 5.92. The fraction of sp³-hybridized carbons (Fsp3) is 0.0909. The van der Waals surface area contributed by atoms with Crippen LogP contribution >= 0.6 is 0 Å². The van der Waals surface area contributed by atoms with Gasteiger partial charge in [-0.2, -0.15) is 4.39 Å². The Balaban J connectivity index is 1.98. The molecule has 0 amide bonds. The topological polar surface area (TPSA) is 9.23 Å². The van der Waals surface area contributed by atoms with E-state index < -0.39 is 46.2 Å². The van der Waals surface area contributed by atoms with E-state index >= 15 is 0 Å². The molecule has 0 bridgehead atoms. The minimum Gasteiger partial charge on any atom is -0.483 e. The number of benzene rings is 3. The van der Waals surface area contributed by atoms with Gasteiger partial charge in [-0.1, -0.05) is 30.1 Å². The van der Waals surface area contributed by atoms with E-state index in [1.165, 1.54) is 24.3 Å². The lowest BCUT2D eigenvalue weighted by Gasteiger charge is -2.08. The van der Waals surface area contributed by atoms with Gasteiger partial charge in [0.15, 0.2) is 34.8 Å². The Hall–Kier alpha value is -3.40. The lowest BCUT2D eigenvalue weighted by Crippen LogP contribution is -2.03. The summed E-state index contributed by atoms with van der Waals surface area (Å²) in [7, 11) is 0. The number of hydrogen-bond acceptors (Lipinski definition) is 1. The van der Waals surface area contributed by atoms with Crippen LogP contribution in [-0.2, 0) is 0 Å². The maximum atomic E-state index is 14.2. The molecule has 0 aliphatic heterocycles. The van der Waals surface area contributed by atoms with Crippen molar-refractivity contribution >= 4 is 10.8 Å². The van der Waals surface area contributed by atoms with E-state index in [0.29, 0.717) is 6.07 Å². The van der Waals surface area contributed by atoms with Crippen molar-refractivity contribution in [2.75, 3.05) is 6.61 Å². The number of halogens is 6. The molecule has 0 aliphatic rings. The Morgan fingerprint density at radius 1 is 0.828 bits per heavy atom. The van der Waals surface area contributed by atoms with E-state index in [2.05, 4.69) is 11.8 Å². The van der Waals surface area contributed by atoms with Crippen LogP contribution in [0.3, 0.4) is 0 Å². The highest BCUT2D eigenvalue weighted by atomic mass is 19.2. The third kappa shape index (κ3) is 4.06. The lowest BCUT2D eigenvalue weighted by molar-refractivity contribution is 0.311. The molecule has 29 heavy (non-hydrogen) atoms. The minimum absolute atomic E-state index is 0.0266. The monoisotopic (exact) mass is 406 g/mol. The molecule has 0 aliphatic carbocycles. The Morgan fingerprint density at radius 2 is 1.59 bits per heavy atom. The van der Waals surface area contributed by atoms with E-state index in [1.807, 2.05) is 0 Å². The zero-order valence-electron chi connectivity index (χ0n) is 14.9. The zero-order chi connectivity index (χ0) is 21.1. The Bertz CT molecular complexity index is 1190. The van der Waals surface area contributed by atoms with Gasteiger partial charge in [0.1, 0.15) is 6.61 Å². The minimum atomic E-state index is -1.60. The molecule has 0 heterocycles. The molecule has 3 rings (SSSR count). The van der Waals surface area contributed by atoms with Crippen LogP contribution < -0.4 is 4.74 Å². The van der Waals surface area contributed by atoms with Crippen molar-refractivity contribution in [2.45, 2.75) is 6.92 Å². The lowest BCUT2D eigenvalue weighted by atomic mass is 10.1. The van der Waals surface area contributed by atoms with Gasteiger partial charge in [-0.15, -0.1) is 0 Å². The normalized spacial score (nSPS) is 11.0. The molecule has 0 radical (unpaired) electrons. The summed E-state index contributed by atoms with van der Waals surface area (Å²) in [6.45, 7) is 1.54. The van der Waals surface area contributed by atoms with E-state index in [4.69, 9.17) is 4.74 Å². The van der Waals surface area contributed by atoms with E-state index in [1.54, 1.807) is 13.0 Å². The van der Waals surface area contributed by atoms with Gasteiger partial charge in [-0.3, -0.25) is 0 Å². The highest BCUT2D eigenvalue weighted by Crippen LogP contribution is 2.27. The van der Waals surface area contributed by atoms with Crippen LogP contribution in [0.25, 0.3) is 10.8 Å². The fourth-order valence-electron chi connectivity index (χ4n) is 2.55. The van der Waals surface area contributed by atoms with Crippen molar-refractivity contribution in [3.63, 3.8) is 0 Å². The molecule has 7 heteroatoms. The zero-order valence-corrected chi connectivity index (χ0v) is 14.9. The van der Waals surface area contributed by atoms with Crippen LogP contribution in [-0.4, -0.2) is 6.61 Å². The molecular formula is C22H12F6O. The van der Waals surface area contributed by atoms with Crippen LogP contribution in [0.15, 0.2) is 42.5 Å². The highest BCUT2D eigenvalue weighted by molar-refractivity contribution is 5.84. The van der Waals surface area contributed by atoms with Crippen LogP contribution in [0.5, 0.6) is 5.75 Å². The van der Waals surface area contributed by atoms with Crippen molar-refractivity contribution in [1.29, 1.82) is 0 Å². The Kier molecular flexibility index (Phi) is 5.83. The SMILES string of the molecule is C/C=C/COc1c(F)cc(C#Cc2ccc3c(F)c(F)c(F)cc3c2)c(F)c1F. The second kappa shape index (κ2) is 8.31. The summed E-state index contributed by atoms with van der Waals surface area (Å²) >= 11 is 0. The summed E-state index contributed by atoms with van der Waals surface area (Å²) in [5, 5.41) is -0.140. The number of allylic oxidation sites excluding steroid dienone is 1. The van der Waals surface area contributed by atoms with E-state index in [0.717, 1.165) is 6.07 Å². The molecule has 0 N–H and O–H groups in total. The van der Waals surface area contributed by atoms with Gasteiger partial charge >= 0.3 is 0 Å². The second-order valence-corrected chi connectivity index (χ2v) is 5.92. The molecule has 0 aromatic heterocycles. The van der Waals surface area contributed by atoms with Crippen molar-refractivity contribution in [2.24, 2.45) is 0 Å². The van der Waals surface area contributed by atoms with Crippen molar-refractivity contribution in [3.8, 4) is 17.6 Å².